The van der Waals surface area contributed by atoms with E-state index in [2.05, 4.69) is 6.92 Å². The second-order valence-corrected chi connectivity index (χ2v) is 9.61. The van der Waals surface area contributed by atoms with Gasteiger partial charge in [0.2, 0.25) is 0 Å². The number of carbonyl (C=O) groups excluding carboxylic acids is 1. The Hall–Kier alpha value is -1.89. The Morgan fingerprint density at radius 1 is 1.19 bits per heavy atom. The highest BCUT2D eigenvalue weighted by Gasteiger charge is 2.54. The van der Waals surface area contributed by atoms with Gasteiger partial charge in [-0.15, -0.1) is 11.3 Å². The Morgan fingerprint density at radius 2 is 1.91 bits per heavy atom. The molecular formula is C25H29F4O2S-. The summed E-state index contributed by atoms with van der Waals surface area (Å²) in [7, 11) is 0. The third-order valence-electron chi connectivity index (χ3n) is 6.73. The number of carboxylic acids is 1. The third-order valence-corrected chi connectivity index (χ3v) is 7.85. The molecule has 4 atom stereocenters. The topological polar surface area (TPSA) is 40.1 Å². The average molecular weight is 470 g/mol. The summed E-state index contributed by atoms with van der Waals surface area (Å²) in [6, 6.07) is 7.01. The maximum atomic E-state index is 16.0. The molecule has 0 saturated heterocycles. The fourth-order valence-electron chi connectivity index (χ4n) is 4.96. The molecule has 32 heavy (non-hydrogen) atoms. The first-order valence-corrected chi connectivity index (χ1v) is 12.2. The minimum Gasteiger partial charge on any atom is -0.545 e. The molecule has 0 amide bonds. The molecule has 3 rings (SSSR count). The van der Waals surface area contributed by atoms with Gasteiger partial charge in [-0.25, -0.2) is 17.6 Å². The molecule has 0 N–H and O–H groups in total. The summed E-state index contributed by atoms with van der Waals surface area (Å²) < 4.78 is 58.1. The number of unbranched alkanes of at least 4 members (excludes halogenated alkanes) is 4. The van der Waals surface area contributed by atoms with Crippen LogP contribution in [0.25, 0.3) is 0 Å². The predicted molar refractivity (Wildman–Crippen MR) is 117 cm³/mol. The Bertz CT molecular complexity index is 900. The van der Waals surface area contributed by atoms with Crippen molar-refractivity contribution in [2.45, 2.75) is 82.5 Å². The lowest BCUT2D eigenvalue weighted by Gasteiger charge is -2.45. The Kier molecular flexibility index (Phi) is 8.37. The molecule has 1 aromatic carbocycles. The van der Waals surface area contributed by atoms with Gasteiger partial charge in [-0.1, -0.05) is 63.3 Å². The van der Waals surface area contributed by atoms with Crippen LogP contribution < -0.4 is 5.11 Å². The maximum absolute atomic E-state index is 16.0. The SMILES string of the molecule is CCCCCCCC1CCC(c2cc(C(F)F)cs2)(c2ccccc2C(=O)[O-])C(F)C1F. The van der Waals surface area contributed by atoms with Crippen molar-refractivity contribution in [3.05, 3.63) is 57.3 Å². The Labute approximate surface area is 190 Å². The second kappa shape index (κ2) is 10.8. The van der Waals surface area contributed by atoms with Crippen LogP contribution in [0, 0.1) is 5.92 Å². The number of halogens is 4. The van der Waals surface area contributed by atoms with Crippen LogP contribution >= 0.6 is 11.3 Å². The summed E-state index contributed by atoms with van der Waals surface area (Å²) in [5.74, 6) is -1.96. The summed E-state index contributed by atoms with van der Waals surface area (Å²) in [5.41, 5.74) is -2.03. The average Bonchev–Trinajstić information content (AvgIpc) is 3.28. The molecule has 1 aliphatic carbocycles. The first-order valence-electron chi connectivity index (χ1n) is 11.3. The number of carbonyl (C=O) groups is 1. The van der Waals surface area contributed by atoms with Crippen LogP contribution in [0.5, 0.6) is 0 Å². The summed E-state index contributed by atoms with van der Waals surface area (Å²) in [4.78, 5) is 12.0. The molecule has 2 aromatic rings. The smallest absolute Gasteiger partial charge is 0.264 e. The van der Waals surface area contributed by atoms with E-state index in [1.54, 1.807) is 6.07 Å². The summed E-state index contributed by atoms with van der Waals surface area (Å²) >= 11 is 0.932. The molecule has 1 fully saturated rings. The highest BCUT2D eigenvalue weighted by molar-refractivity contribution is 7.10. The van der Waals surface area contributed by atoms with Crippen molar-refractivity contribution in [2.75, 3.05) is 0 Å². The van der Waals surface area contributed by atoms with E-state index in [0.29, 0.717) is 12.8 Å². The van der Waals surface area contributed by atoms with Gasteiger partial charge < -0.3 is 9.90 Å². The summed E-state index contributed by atoms with van der Waals surface area (Å²) in [6.07, 6.45) is -0.447. The summed E-state index contributed by atoms with van der Waals surface area (Å²) in [5, 5.41) is 13.0. The van der Waals surface area contributed by atoms with Gasteiger partial charge in [0.25, 0.3) is 6.43 Å². The van der Waals surface area contributed by atoms with Gasteiger partial charge in [0, 0.05) is 16.0 Å². The number of carboxylic acid groups (broad SMARTS) is 1. The summed E-state index contributed by atoms with van der Waals surface area (Å²) in [6.45, 7) is 2.11. The van der Waals surface area contributed by atoms with Crippen molar-refractivity contribution in [3.8, 4) is 0 Å². The molecule has 4 unspecified atom stereocenters. The first kappa shape index (κ1) is 24.7. The molecule has 7 heteroatoms. The van der Waals surface area contributed by atoms with Gasteiger partial charge in [0.15, 0.2) is 0 Å². The van der Waals surface area contributed by atoms with Crippen molar-refractivity contribution in [3.63, 3.8) is 0 Å². The van der Waals surface area contributed by atoms with Crippen molar-refractivity contribution in [1.82, 2.24) is 0 Å². The van der Waals surface area contributed by atoms with E-state index in [0.717, 1.165) is 43.4 Å². The van der Waals surface area contributed by atoms with E-state index in [1.165, 1.54) is 29.6 Å². The molecular weight excluding hydrogens is 440 g/mol. The van der Waals surface area contributed by atoms with Gasteiger partial charge in [-0.3, -0.25) is 0 Å². The molecule has 0 radical (unpaired) electrons. The lowest BCUT2D eigenvalue weighted by molar-refractivity contribution is -0.255. The highest BCUT2D eigenvalue weighted by Crippen LogP contribution is 2.53. The number of aromatic carboxylic acids is 1. The molecule has 1 aliphatic rings. The highest BCUT2D eigenvalue weighted by atomic mass is 32.1. The monoisotopic (exact) mass is 469 g/mol. The lowest BCUT2D eigenvalue weighted by Crippen LogP contribution is -2.51. The molecule has 1 saturated carbocycles. The van der Waals surface area contributed by atoms with E-state index in [4.69, 9.17) is 0 Å². The number of rotatable bonds is 10. The standard InChI is InChI=1S/C25H30F4O2S/c1-2-3-4-5-6-9-16-12-13-25(22(27)21(16)26,20-14-17(15-32-20)23(28)29)19-11-8-7-10-18(19)24(30)31/h7-8,10-11,14-16,21-23H,2-6,9,12-13H2,1H3,(H,30,31)/p-1. The van der Waals surface area contributed by atoms with Crippen molar-refractivity contribution in [2.24, 2.45) is 5.92 Å². The van der Waals surface area contributed by atoms with Gasteiger partial charge in [-0.2, -0.15) is 0 Å². The van der Waals surface area contributed by atoms with Crippen LogP contribution in [0.15, 0.2) is 35.7 Å². The maximum Gasteiger partial charge on any atom is 0.264 e. The molecule has 0 aliphatic heterocycles. The lowest BCUT2D eigenvalue weighted by atomic mass is 9.62. The van der Waals surface area contributed by atoms with Gasteiger partial charge in [0.05, 0.1) is 11.4 Å². The molecule has 0 spiro atoms. The quantitative estimate of drug-likeness (QED) is 0.284. The molecule has 1 heterocycles. The molecule has 2 nitrogen and oxygen atoms in total. The van der Waals surface area contributed by atoms with Gasteiger partial charge >= 0.3 is 0 Å². The predicted octanol–water partition coefficient (Wildman–Crippen LogP) is 6.78. The number of hydrogen-bond donors (Lipinski definition) is 0. The van der Waals surface area contributed by atoms with Gasteiger partial charge in [-0.05, 0) is 42.2 Å². The van der Waals surface area contributed by atoms with E-state index >= 15 is 8.78 Å². The fourth-order valence-corrected chi connectivity index (χ4v) is 6.13. The zero-order valence-corrected chi connectivity index (χ0v) is 19.0. The number of thiophene rings is 1. The van der Waals surface area contributed by atoms with Crippen LogP contribution in [0.3, 0.4) is 0 Å². The Balaban J connectivity index is 1.97. The van der Waals surface area contributed by atoms with Crippen molar-refractivity contribution < 1.29 is 27.5 Å². The van der Waals surface area contributed by atoms with E-state index in [-0.39, 0.29) is 28.0 Å². The first-order chi connectivity index (χ1) is 15.3. The zero-order chi connectivity index (χ0) is 23.3. The fraction of sp³-hybridized carbons (Fsp3) is 0.560. The minimum absolute atomic E-state index is 0.0965. The molecule has 176 valence electrons. The molecule has 1 aromatic heterocycles. The van der Waals surface area contributed by atoms with Crippen LogP contribution in [-0.4, -0.2) is 18.3 Å². The van der Waals surface area contributed by atoms with E-state index < -0.39 is 36.1 Å². The number of benzene rings is 1. The minimum atomic E-state index is -2.74. The Morgan fingerprint density at radius 3 is 2.56 bits per heavy atom. The van der Waals surface area contributed by atoms with Crippen LogP contribution in [-0.2, 0) is 5.41 Å². The van der Waals surface area contributed by atoms with Crippen LogP contribution in [0.1, 0.15) is 91.1 Å². The largest absolute Gasteiger partial charge is 0.545 e. The van der Waals surface area contributed by atoms with Crippen molar-refractivity contribution >= 4 is 17.3 Å². The normalized spacial score (nSPS) is 25.9. The van der Waals surface area contributed by atoms with Crippen molar-refractivity contribution in [1.29, 1.82) is 0 Å². The number of alkyl halides is 4. The molecule has 0 bridgehead atoms. The van der Waals surface area contributed by atoms with Crippen LogP contribution in [0.2, 0.25) is 0 Å². The van der Waals surface area contributed by atoms with E-state index in [9.17, 15) is 18.7 Å². The van der Waals surface area contributed by atoms with E-state index in [1.807, 2.05) is 0 Å². The zero-order valence-electron chi connectivity index (χ0n) is 18.2. The number of hydrogen-bond acceptors (Lipinski definition) is 3. The van der Waals surface area contributed by atoms with Gasteiger partial charge in [0.1, 0.15) is 12.3 Å². The third kappa shape index (κ3) is 4.87. The second-order valence-electron chi connectivity index (χ2n) is 8.70. The van der Waals surface area contributed by atoms with Crippen LogP contribution in [0.4, 0.5) is 17.6 Å².